The molecule has 0 fully saturated rings. The second kappa shape index (κ2) is 5.23. The highest BCUT2D eigenvalue weighted by atomic mass is 35.5. The predicted octanol–water partition coefficient (Wildman–Crippen LogP) is 6.33. The monoisotopic (exact) mass is 324 g/mol. The number of rotatable bonds is 1. The van der Waals surface area contributed by atoms with E-state index in [0.29, 0.717) is 5.02 Å². The lowest BCUT2D eigenvalue weighted by Gasteiger charge is -2.14. The zero-order valence-electron chi connectivity index (χ0n) is 9.23. The predicted molar refractivity (Wildman–Crippen MR) is 71.9 cm³/mol. The van der Waals surface area contributed by atoms with Crippen LogP contribution in [-0.2, 0) is 6.18 Å². The molecular formula is C13H6Cl3F3. The minimum atomic E-state index is -4.48. The van der Waals surface area contributed by atoms with E-state index in [1.54, 1.807) is 0 Å². The fourth-order valence-electron chi connectivity index (χ4n) is 1.69. The Morgan fingerprint density at radius 1 is 0.737 bits per heavy atom. The van der Waals surface area contributed by atoms with Crippen molar-refractivity contribution in [2.24, 2.45) is 0 Å². The Morgan fingerprint density at radius 2 is 1.32 bits per heavy atom. The molecule has 0 aromatic heterocycles. The molecule has 0 aliphatic rings. The zero-order chi connectivity index (χ0) is 14.2. The van der Waals surface area contributed by atoms with Gasteiger partial charge in [0, 0.05) is 20.6 Å². The van der Waals surface area contributed by atoms with Crippen molar-refractivity contribution in [1.29, 1.82) is 0 Å². The molecule has 19 heavy (non-hydrogen) atoms. The van der Waals surface area contributed by atoms with Gasteiger partial charge in [0.1, 0.15) is 0 Å². The van der Waals surface area contributed by atoms with E-state index in [0.717, 1.165) is 6.07 Å². The summed E-state index contributed by atoms with van der Waals surface area (Å²) in [5.41, 5.74) is -0.622. The molecule has 0 N–H and O–H groups in total. The quantitative estimate of drug-likeness (QED) is 0.574. The summed E-state index contributed by atoms with van der Waals surface area (Å²) in [4.78, 5) is 0. The lowest BCUT2D eigenvalue weighted by Crippen LogP contribution is -2.07. The van der Waals surface area contributed by atoms with Gasteiger partial charge < -0.3 is 0 Å². The van der Waals surface area contributed by atoms with Crippen LogP contribution in [0.4, 0.5) is 13.2 Å². The highest BCUT2D eigenvalue weighted by molar-refractivity contribution is 6.36. The van der Waals surface area contributed by atoms with Gasteiger partial charge in [-0.25, -0.2) is 0 Å². The Kier molecular flexibility index (Phi) is 4.00. The molecule has 2 aromatic rings. The average Bonchev–Trinajstić information content (AvgIpc) is 2.27. The summed E-state index contributed by atoms with van der Waals surface area (Å²) in [5.74, 6) is 0. The minimum absolute atomic E-state index is 0.0679. The molecule has 0 saturated carbocycles. The van der Waals surface area contributed by atoms with Crippen LogP contribution >= 0.6 is 34.8 Å². The molecule has 0 aliphatic heterocycles. The number of hydrogen-bond donors (Lipinski definition) is 0. The van der Waals surface area contributed by atoms with Crippen molar-refractivity contribution in [3.63, 3.8) is 0 Å². The molecule has 100 valence electrons. The van der Waals surface area contributed by atoms with Gasteiger partial charge in [-0.15, -0.1) is 0 Å². The first-order chi connectivity index (χ1) is 8.79. The number of halogens is 6. The van der Waals surface area contributed by atoms with Crippen molar-refractivity contribution < 1.29 is 13.2 Å². The molecule has 0 atom stereocenters. The lowest BCUT2D eigenvalue weighted by atomic mass is 9.99. The standard InChI is InChI=1S/C13H6Cl3F3/c14-7-2-4-11(13(17,18)19)10(5-7)9-3-1-8(15)6-12(9)16/h1-6H. The highest BCUT2D eigenvalue weighted by Gasteiger charge is 2.34. The molecule has 0 heterocycles. The van der Waals surface area contributed by atoms with Crippen molar-refractivity contribution >= 4 is 34.8 Å². The van der Waals surface area contributed by atoms with E-state index in [9.17, 15) is 13.2 Å². The normalized spacial score (nSPS) is 11.7. The molecule has 0 amide bonds. The fraction of sp³-hybridized carbons (Fsp3) is 0.0769. The highest BCUT2D eigenvalue weighted by Crippen LogP contribution is 2.41. The molecule has 0 bridgehead atoms. The third-order valence-corrected chi connectivity index (χ3v) is 3.29. The second-order valence-corrected chi connectivity index (χ2v) is 5.09. The van der Waals surface area contributed by atoms with Crippen LogP contribution in [0.1, 0.15) is 5.56 Å². The van der Waals surface area contributed by atoms with E-state index in [1.165, 1.54) is 30.3 Å². The molecular weight excluding hydrogens is 319 g/mol. The van der Waals surface area contributed by atoms with Crippen molar-refractivity contribution in [1.82, 2.24) is 0 Å². The van der Waals surface area contributed by atoms with Crippen LogP contribution in [0.15, 0.2) is 36.4 Å². The Labute approximate surface area is 122 Å². The second-order valence-electron chi connectivity index (χ2n) is 3.81. The molecule has 0 spiro atoms. The zero-order valence-corrected chi connectivity index (χ0v) is 11.5. The number of benzene rings is 2. The van der Waals surface area contributed by atoms with E-state index in [4.69, 9.17) is 34.8 Å². The van der Waals surface area contributed by atoms with E-state index in [-0.39, 0.29) is 21.2 Å². The van der Waals surface area contributed by atoms with Crippen molar-refractivity contribution in [2.45, 2.75) is 6.18 Å². The Bertz CT molecular complexity index is 621. The van der Waals surface area contributed by atoms with Crippen LogP contribution in [-0.4, -0.2) is 0 Å². The molecule has 6 heteroatoms. The van der Waals surface area contributed by atoms with Crippen LogP contribution in [0.25, 0.3) is 11.1 Å². The smallest absolute Gasteiger partial charge is 0.166 e. The van der Waals surface area contributed by atoms with E-state index < -0.39 is 11.7 Å². The van der Waals surface area contributed by atoms with Crippen LogP contribution in [0.2, 0.25) is 15.1 Å². The first kappa shape index (κ1) is 14.5. The van der Waals surface area contributed by atoms with Gasteiger partial charge in [0.05, 0.1) is 5.56 Å². The van der Waals surface area contributed by atoms with Gasteiger partial charge in [0.25, 0.3) is 0 Å². The maximum atomic E-state index is 13.0. The van der Waals surface area contributed by atoms with Gasteiger partial charge in [-0.05, 0) is 35.9 Å². The average molecular weight is 326 g/mol. The van der Waals surface area contributed by atoms with Gasteiger partial charge in [-0.1, -0.05) is 40.9 Å². The first-order valence-corrected chi connectivity index (χ1v) is 6.24. The van der Waals surface area contributed by atoms with Crippen molar-refractivity contribution in [3.05, 3.63) is 57.0 Å². The third kappa shape index (κ3) is 3.16. The fourth-order valence-corrected chi connectivity index (χ4v) is 2.38. The SMILES string of the molecule is FC(F)(F)c1ccc(Cl)cc1-c1ccc(Cl)cc1Cl. The molecule has 2 rings (SSSR count). The topological polar surface area (TPSA) is 0 Å². The van der Waals surface area contributed by atoms with Crippen molar-refractivity contribution in [2.75, 3.05) is 0 Å². The largest absolute Gasteiger partial charge is 0.417 e. The number of hydrogen-bond acceptors (Lipinski definition) is 0. The van der Waals surface area contributed by atoms with E-state index >= 15 is 0 Å². The van der Waals surface area contributed by atoms with Crippen LogP contribution < -0.4 is 0 Å². The summed E-state index contributed by atoms with van der Waals surface area (Å²) in [7, 11) is 0. The van der Waals surface area contributed by atoms with Gasteiger partial charge in [-0.2, -0.15) is 13.2 Å². The molecule has 0 unspecified atom stereocenters. The van der Waals surface area contributed by atoms with E-state index in [2.05, 4.69) is 0 Å². The Morgan fingerprint density at radius 3 is 1.89 bits per heavy atom. The maximum absolute atomic E-state index is 13.0. The number of alkyl halides is 3. The summed E-state index contributed by atoms with van der Waals surface area (Å²) >= 11 is 17.4. The van der Waals surface area contributed by atoms with Gasteiger partial charge in [-0.3, -0.25) is 0 Å². The molecule has 2 aromatic carbocycles. The summed E-state index contributed by atoms with van der Waals surface area (Å²) in [6.45, 7) is 0. The van der Waals surface area contributed by atoms with Crippen molar-refractivity contribution in [3.8, 4) is 11.1 Å². The first-order valence-electron chi connectivity index (χ1n) is 5.11. The molecule has 0 saturated heterocycles. The van der Waals surface area contributed by atoms with Gasteiger partial charge in [0.2, 0.25) is 0 Å². The summed E-state index contributed by atoms with van der Waals surface area (Å²) < 4.78 is 38.9. The minimum Gasteiger partial charge on any atom is -0.166 e. The molecule has 0 radical (unpaired) electrons. The summed E-state index contributed by atoms with van der Waals surface area (Å²) in [5, 5.41) is 0.693. The van der Waals surface area contributed by atoms with E-state index in [1.807, 2.05) is 0 Å². The van der Waals surface area contributed by atoms with Crippen LogP contribution in [0.3, 0.4) is 0 Å². The maximum Gasteiger partial charge on any atom is 0.417 e. The third-order valence-electron chi connectivity index (χ3n) is 2.51. The van der Waals surface area contributed by atoms with Crippen LogP contribution in [0, 0.1) is 0 Å². The van der Waals surface area contributed by atoms with Gasteiger partial charge >= 0.3 is 6.18 Å². The van der Waals surface area contributed by atoms with Crippen LogP contribution in [0.5, 0.6) is 0 Å². The molecule has 0 nitrogen and oxygen atoms in total. The summed E-state index contributed by atoms with van der Waals surface area (Å²) in [6, 6.07) is 7.66. The van der Waals surface area contributed by atoms with Gasteiger partial charge in [0.15, 0.2) is 0 Å². The Balaban J connectivity index is 2.70. The summed E-state index contributed by atoms with van der Waals surface area (Å²) in [6.07, 6.45) is -4.48. The Hall–Kier alpha value is -0.900. The molecule has 0 aliphatic carbocycles. The lowest BCUT2D eigenvalue weighted by molar-refractivity contribution is -0.137.